The molecule has 0 saturated heterocycles. The predicted molar refractivity (Wildman–Crippen MR) is 73.6 cm³/mol. The van der Waals surface area contributed by atoms with E-state index in [9.17, 15) is 18.0 Å². The second-order valence-electron chi connectivity index (χ2n) is 4.38. The van der Waals surface area contributed by atoms with E-state index >= 15 is 0 Å². The topological polar surface area (TPSA) is 73.2 Å². The third kappa shape index (κ3) is 2.42. The SMILES string of the molecule is CC(=O)c1cc(S(=O)(=O)c2ccccc2)cn(C)c1=O. The van der Waals surface area contributed by atoms with E-state index in [0.29, 0.717) is 0 Å². The van der Waals surface area contributed by atoms with Gasteiger partial charge < -0.3 is 4.57 Å². The minimum Gasteiger partial charge on any atom is -0.317 e. The Balaban J connectivity index is 2.71. The number of carbonyl (C=O) groups is 1. The molecule has 2 aromatic rings. The zero-order valence-corrected chi connectivity index (χ0v) is 11.8. The van der Waals surface area contributed by atoms with Crippen molar-refractivity contribution in [2.45, 2.75) is 16.7 Å². The Morgan fingerprint density at radius 2 is 1.70 bits per heavy atom. The van der Waals surface area contributed by atoms with Gasteiger partial charge in [-0.2, -0.15) is 0 Å². The van der Waals surface area contributed by atoms with Gasteiger partial charge in [0.25, 0.3) is 5.56 Å². The minimum absolute atomic E-state index is 0.0731. The predicted octanol–water partition coefficient (Wildman–Crippen LogP) is 1.42. The third-order valence-electron chi connectivity index (χ3n) is 2.90. The van der Waals surface area contributed by atoms with E-state index in [2.05, 4.69) is 0 Å². The van der Waals surface area contributed by atoms with Gasteiger partial charge in [0, 0.05) is 13.2 Å². The minimum atomic E-state index is -3.75. The average molecular weight is 291 g/mol. The van der Waals surface area contributed by atoms with Crippen LogP contribution in [0.4, 0.5) is 0 Å². The van der Waals surface area contributed by atoms with E-state index < -0.39 is 21.2 Å². The quantitative estimate of drug-likeness (QED) is 0.802. The molecule has 0 saturated carbocycles. The Morgan fingerprint density at radius 1 is 1.10 bits per heavy atom. The van der Waals surface area contributed by atoms with Gasteiger partial charge in [0.05, 0.1) is 15.4 Å². The lowest BCUT2D eigenvalue weighted by Gasteiger charge is -2.08. The molecule has 0 aliphatic heterocycles. The van der Waals surface area contributed by atoms with E-state index in [0.717, 1.165) is 10.6 Å². The van der Waals surface area contributed by atoms with Crippen LogP contribution in [0.1, 0.15) is 17.3 Å². The van der Waals surface area contributed by atoms with Gasteiger partial charge in [0.1, 0.15) is 0 Å². The second kappa shape index (κ2) is 5.05. The number of sulfone groups is 1. The number of carbonyl (C=O) groups excluding carboxylic acids is 1. The molecular formula is C14H13NO4S. The Hall–Kier alpha value is -2.21. The van der Waals surface area contributed by atoms with Gasteiger partial charge in [-0.25, -0.2) is 8.42 Å². The first-order valence-electron chi connectivity index (χ1n) is 5.86. The maximum atomic E-state index is 12.4. The van der Waals surface area contributed by atoms with E-state index in [1.54, 1.807) is 18.2 Å². The van der Waals surface area contributed by atoms with Crippen molar-refractivity contribution in [3.63, 3.8) is 0 Å². The van der Waals surface area contributed by atoms with E-state index in [1.165, 1.54) is 32.3 Å². The van der Waals surface area contributed by atoms with Crippen LogP contribution in [0.25, 0.3) is 0 Å². The van der Waals surface area contributed by atoms with Crippen LogP contribution in [0.15, 0.2) is 57.2 Å². The van der Waals surface area contributed by atoms with Crippen LogP contribution in [0.2, 0.25) is 0 Å². The van der Waals surface area contributed by atoms with Crippen LogP contribution in [-0.4, -0.2) is 18.8 Å². The van der Waals surface area contributed by atoms with E-state index in [4.69, 9.17) is 0 Å². The summed E-state index contributed by atoms with van der Waals surface area (Å²) in [6.45, 7) is 1.23. The molecule has 0 aliphatic carbocycles. The number of pyridine rings is 1. The Morgan fingerprint density at radius 3 is 2.25 bits per heavy atom. The first-order valence-corrected chi connectivity index (χ1v) is 7.34. The zero-order valence-electron chi connectivity index (χ0n) is 11.0. The monoisotopic (exact) mass is 291 g/mol. The number of hydrogen-bond acceptors (Lipinski definition) is 4. The molecule has 20 heavy (non-hydrogen) atoms. The summed E-state index contributed by atoms with van der Waals surface area (Å²) in [5.41, 5.74) is -0.644. The third-order valence-corrected chi connectivity index (χ3v) is 4.64. The number of aryl methyl sites for hydroxylation is 1. The fraction of sp³-hybridized carbons (Fsp3) is 0.143. The van der Waals surface area contributed by atoms with Crippen molar-refractivity contribution in [1.82, 2.24) is 4.57 Å². The largest absolute Gasteiger partial charge is 0.317 e. The Labute approximate surface area is 116 Å². The van der Waals surface area contributed by atoms with Crippen molar-refractivity contribution in [3.8, 4) is 0 Å². The van der Waals surface area contributed by atoms with Gasteiger partial charge in [0.2, 0.25) is 9.84 Å². The van der Waals surface area contributed by atoms with Crippen molar-refractivity contribution in [2.24, 2.45) is 7.05 Å². The van der Waals surface area contributed by atoms with Crippen LogP contribution in [0.5, 0.6) is 0 Å². The van der Waals surface area contributed by atoms with Crippen LogP contribution >= 0.6 is 0 Å². The Bertz CT molecular complexity index is 820. The van der Waals surface area contributed by atoms with Crippen LogP contribution < -0.4 is 5.56 Å². The average Bonchev–Trinajstić information content (AvgIpc) is 2.42. The molecule has 0 radical (unpaired) electrons. The summed E-state index contributed by atoms with van der Waals surface area (Å²) in [7, 11) is -2.33. The smallest absolute Gasteiger partial charge is 0.261 e. The first-order chi connectivity index (χ1) is 9.34. The molecule has 1 heterocycles. The lowest BCUT2D eigenvalue weighted by molar-refractivity contribution is 0.101. The number of nitrogens with zero attached hydrogens (tertiary/aromatic N) is 1. The number of rotatable bonds is 3. The molecule has 6 heteroatoms. The first kappa shape index (κ1) is 14.2. The summed E-state index contributed by atoms with van der Waals surface area (Å²) < 4.78 is 26.0. The Kier molecular flexibility index (Phi) is 3.59. The highest BCUT2D eigenvalue weighted by molar-refractivity contribution is 7.91. The van der Waals surface area contributed by atoms with Crippen molar-refractivity contribution in [3.05, 3.63) is 58.5 Å². The van der Waals surface area contributed by atoms with Crippen LogP contribution in [0, 0.1) is 0 Å². The molecule has 104 valence electrons. The lowest BCUT2D eigenvalue weighted by Crippen LogP contribution is -2.24. The van der Waals surface area contributed by atoms with Gasteiger partial charge in [-0.3, -0.25) is 9.59 Å². The maximum Gasteiger partial charge on any atom is 0.261 e. The molecule has 1 aromatic carbocycles. The summed E-state index contributed by atoms with van der Waals surface area (Å²) in [5, 5.41) is 0. The zero-order chi connectivity index (χ0) is 14.9. The summed E-state index contributed by atoms with van der Waals surface area (Å²) in [6, 6.07) is 9.00. The fourth-order valence-electron chi connectivity index (χ4n) is 1.82. The molecule has 0 atom stereocenters. The highest BCUT2D eigenvalue weighted by Crippen LogP contribution is 2.20. The van der Waals surface area contributed by atoms with Gasteiger partial charge in [0.15, 0.2) is 5.78 Å². The summed E-state index contributed by atoms with van der Waals surface area (Å²) in [5.74, 6) is -0.462. The van der Waals surface area contributed by atoms with Crippen LogP contribution in [0.3, 0.4) is 0 Å². The van der Waals surface area contributed by atoms with E-state index in [1.807, 2.05) is 0 Å². The van der Waals surface area contributed by atoms with Crippen molar-refractivity contribution >= 4 is 15.6 Å². The summed E-state index contributed by atoms with van der Waals surface area (Å²) in [4.78, 5) is 23.2. The maximum absolute atomic E-state index is 12.4. The molecule has 0 spiro atoms. The summed E-state index contributed by atoms with van der Waals surface area (Å²) in [6.07, 6.45) is 1.22. The molecule has 0 bridgehead atoms. The number of Topliss-reactive ketones (excluding diaryl/α,β-unsaturated/α-hetero) is 1. The van der Waals surface area contributed by atoms with Gasteiger partial charge in [-0.1, -0.05) is 18.2 Å². The molecule has 0 N–H and O–H groups in total. The highest BCUT2D eigenvalue weighted by Gasteiger charge is 2.20. The van der Waals surface area contributed by atoms with Crippen molar-refractivity contribution < 1.29 is 13.2 Å². The van der Waals surface area contributed by atoms with Crippen LogP contribution in [-0.2, 0) is 16.9 Å². The highest BCUT2D eigenvalue weighted by atomic mass is 32.2. The van der Waals surface area contributed by atoms with Gasteiger partial charge in [-0.05, 0) is 25.1 Å². The number of aromatic nitrogens is 1. The van der Waals surface area contributed by atoms with E-state index in [-0.39, 0.29) is 15.4 Å². The van der Waals surface area contributed by atoms with Gasteiger partial charge in [-0.15, -0.1) is 0 Å². The number of ketones is 1. The lowest BCUT2D eigenvalue weighted by atomic mass is 10.2. The van der Waals surface area contributed by atoms with Gasteiger partial charge >= 0.3 is 0 Å². The molecule has 0 amide bonds. The molecule has 2 rings (SSSR count). The molecule has 1 aromatic heterocycles. The number of benzene rings is 1. The normalized spacial score (nSPS) is 11.3. The second-order valence-corrected chi connectivity index (χ2v) is 6.33. The number of hydrogen-bond donors (Lipinski definition) is 0. The molecule has 0 aliphatic rings. The van der Waals surface area contributed by atoms with Crippen molar-refractivity contribution in [2.75, 3.05) is 0 Å². The molecule has 5 nitrogen and oxygen atoms in total. The molecular weight excluding hydrogens is 278 g/mol. The van der Waals surface area contributed by atoms with Crippen molar-refractivity contribution in [1.29, 1.82) is 0 Å². The molecule has 0 unspecified atom stereocenters. The molecule has 0 fully saturated rings. The fourth-order valence-corrected chi connectivity index (χ4v) is 3.17. The standard InChI is InChI=1S/C14H13NO4S/c1-10(16)13-8-12(9-15(2)14(13)17)20(18,19)11-6-4-3-5-7-11/h3-9H,1-2H3. The summed E-state index contributed by atoms with van der Waals surface area (Å²) >= 11 is 0.